The van der Waals surface area contributed by atoms with E-state index in [1.165, 1.54) is 0 Å². The summed E-state index contributed by atoms with van der Waals surface area (Å²) in [6, 6.07) is 8.30. The van der Waals surface area contributed by atoms with Crippen LogP contribution in [0.3, 0.4) is 0 Å². The zero-order chi connectivity index (χ0) is 15.5. The van der Waals surface area contributed by atoms with Crippen LogP contribution in [0.4, 0.5) is 0 Å². The number of likely N-dealkylation sites (tertiary alicyclic amines) is 1. The Kier molecular flexibility index (Phi) is 6.02. The lowest BCUT2D eigenvalue weighted by molar-refractivity contribution is 0.168. The van der Waals surface area contributed by atoms with Gasteiger partial charge in [-0.25, -0.2) is 0 Å². The summed E-state index contributed by atoms with van der Waals surface area (Å²) in [4.78, 5) is 7.09. The van der Waals surface area contributed by atoms with Gasteiger partial charge in [-0.2, -0.15) is 4.98 Å². The van der Waals surface area contributed by atoms with Crippen molar-refractivity contribution in [2.45, 2.75) is 38.6 Å². The van der Waals surface area contributed by atoms with Crippen LogP contribution in [0.15, 0.2) is 28.8 Å². The van der Waals surface area contributed by atoms with E-state index in [0.29, 0.717) is 17.9 Å². The minimum atomic E-state index is 0. The number of hydrogen-bond donors (Lipinski definition) is 0. The largest absolute Gasteiger partial charge is 0.497 e. The van der Waals surface area contributed by atoms with Crippen LogP contribution in [-0.4, -0.2) is 41.3 Å². The Morgan fingerprint density at radius 1 is 1.17 bits per heavy atom. The van der Waals surface area contributed by atoms with Gasteiger partial charge in [-0.1, -0.05) is 5.16 Å². The third kappa shape index (κ3) is 4.03. The molecular weight excluding hydrogens is 314 g/mol. The molecule has 1 aromatic carbocycles. The van der Waals surface area contributed by atoms with Crippen molar-refractivity contribution >= 4 is 12.4 Å². The molecule has 0 atom stereocenters. The maximum Gasteiger partial charge on any atom is 0.257 e. The predicted octanol–water partition coefficient (Wildman–Crippen LogP) is 3.75. The first-order valence-corrected chi connectivity index (χ1v) is 7.89. The molecule has 6 heteroatoms. The van der Waals surface area contributed by atoms with Crippen LogP contribution in [0, 0.1) is 0 Å². The van der Waals surface area contributed by atoms with E-state index in [4.69, 9.17) is 9.26 Å². The quantitative estimate of drug-likeness (QED) is 0.850. The molecule has 0 spiro atoms. The van der Waals surface area contributed by atoms with Gasteiger partial charge in [0.05, 0.1) is 7.11 Å². The number of hydrogen-bond acceptors (Lipinski definition) is 5. The number of halogens is 1. The van der Waals surface area contributed by atoms with Crippen molar-refractivity contribution in [3.8, 4) is 17.2 Å². The molecule has 1 fully saturated rings. The molecule has 1 saturated heterocycles. The van der Waals surface area contributed by atoms with Crippen LogP contribution in [0.2, 0.25) is 0 Å². The summed E-state index contributed by atoms with van der Waals surface area (Å²) in [5.74, 6) is 2.66. The van der Waals surface area contributed by atoms with Crippen molar-refractivity contribution in [1.29, 1.82) is 0 Å². The van der Waals surface area contributed by atoms with E-state index in [-0.39, 0.29) is 12.4 Å². The van der Waals surface area contributed by atoms with E-state index in [0.717, 1.165) is 43.1 Å². The Morgan fingerprint density at radius 2 is 1.83 bits per heavy atom. The summed E-state index contributed by atoms with van der Waals surface area (Å²) in [5.41, 5.74) is 0.930. The van der Waals surface area contributed by atoms with Crippen LogP contribution in [0.25, 0.3) is 11.5 Å². The van der Waals surface area contributed by atoms with E-state index in [2.05, 4.69) is 28.9 Å². The number of methoxy groups -OCH3 is 1. The SMILES string of the molecule is COc1ccc(-c2nc(C3CCN(C(C)C)CC3)no2)cc1.Cl. The summed E-state index contributed by atoms with van der Waals surface area (Å²) in [6.07, 6.45) is 2.19. The highest BCUT2D eigenvalue weighted by atomic mass is 35.5. The van der Waals surface area contributed by atoms with Gasteiger partial charge in [0.15, 0.2) is 5.82 Å². The molecule has 1 aliphatic rings. The van der Waals surface area contributed by atoms with Crippen LogP contribution < -0.4 is 4.74 Å². The van der Waals surface area contributed by atoms with Gasteiger partial charge < -0.3 is 14.2 Å². The maximum absolute atomic E-state index is 5.44. The number of ether oxygens (including phenoxy) is 1. The molecule has 0 saturated carbocycles. The predicted molar refractivity (Wildman–Crippen MR) is 92.2 cm³/mol. The van der Waals surface area contributed by atoms with Crippen molar-refractivity contribution in [1.82, 2.24) is 15.0 Å². The second kappa shape index (κ2) is 7.79. The zero-order valence-electron chi connectivity index (χ0n) is 13.9. The summed E-state index contributed by atoms with van der Waals surface area (Å²) in [6.45, 7) is 6.70. The molecule has 126 valence electrons. The summed E-state index contributed by atoms with van der Waals surface area (Å²) in [5, 5.41) is 4.19. The number of nitrogens with zero attached hydrogens (tertiary/aromatic N) is 3. The van der Waals surface area contributed by atoms with Crippen LogP contribution in [0.5, 0.6) is 5.75 Å². The van der Waals surface area contributed by atoms with Crippen LogP contribution >= 0.6 is 12.4 Å². The number of piperidine rings is 1. The topological polar surface area (TPSA) is 51.4 Å². The average Bonchev–Trinajstić information content (AvgIpc) is 3.05. The molecule has 3 rings (SSSR count). The molecule has 2 heterocycles. The molecule has 0 aliphatic carbocycles. The summed E-state index contributed by atoms with van der Waals surface area (Å²) >= 11 is 0. The molecule has 0 bridgehead atoms. The summed E-state index contributed by atoms with van der Waals surface area (Å²) < 4.78 is 10.6. The lowest BCUT2D eigenvalue weighted by atomic mass is 9.95. The Bertz CT molecular complexity index is 605. The molecular formula is C17H24ClN3O2. The minimum Gasteiger partial charge on any atom is -0.497 e. The van der Waals surface area contributed by atoms with Crippen molar-refractivity contribution in [2.75, 3.05) is 20.2 Å². The summed E-state index contributed by atoms with van der Waals surface area (Å²) in [7, 11) is 1.66. The number of benzene rings is 1. The Hall–Kier alpha value is -1.59. The van der Waals surface area contributed by atoms with Gasteiger partial charge in [-0.05, 0) is 64.0 Å². The normalized spacial score (nSPS) is 16.3. The third-order valence-corrected chi connectivity index (χ3v) is 4.40. The van der Waals surface area contributed by atoms with Crippen molar-refractivity contribution in [3.05, 3.63) is 30.1 Å². The molecule has 0 amide bonds. The van der Waals surface area contributed by atoms with Crippen molar-refractivity contribution in [2.24, 2.45) is 0 Å². The Balaban J connectivity index is 0.00000192. The first-order valence-electron chi connectivity index (χ1n) is 7.89. The van der Waals surface area contributed by atoms with Gasteiger partial charge in [0.2, 0.25) is 0 Å². The smallest absolute Gasteiger partial charge is 0.257 e. The van der Waals surface area contributed by atoms with E-state index < -0.39 is 0 Å². The van der Waals surface area contributed by atoms with Gasteiger partial charge in [0.25, 0.3) is 5.89 Å². The lowest BCUT2D eigenvalue weighted by Gasteiger charge is -2.33. The van der Waals surface area contributed by atoms with E-state index in [1.54, 1.807) is 7.11 Å². The van der Waals surface area contributed by atoms with Crippen molar-refractivity contribution in [3.63, 3.8) is 0 Å². The highest BCUT2D eigenvalue weighted by Crippen LogP contribution is 2.29. The highest BCUT2D eigenvalue weighted by molar-refractivity contribution is 5.85. The maximum atomic E-state index is 5.44. The molecule has 23 heavy (non-hydrogen) atoms. The average molecular weight is 338 g/mol. The number of rotatable bonds is 4. The van der Waals surface area contributed by atoms with Gasteiger partial charge in [-0.3, -0.25) is 0 Å². The third-order valence-electron chi connectivity index (χ3n) is 4.40. The Morgan fingerprint density at radius 3 is 2.39 bits per heavy atom. The van der Waals surface area contributed by atoms with Crippen molar-refractivity contribution < 1.29 is 9.26 Å². The molecule has 5 nitrogen and oxygen atoms in total. The lowest BCUT2D eigenvalue weighted by Crippen LogP contribution is -2.38. The first-order chi connectivity index (χ1) is 10.7. The monoisotopic (exact) mass is 337 g/mol. The van der Waals surface area contributed by atoms with E-state index >= 15 is 0 Å². The van der Waals surface area contributed by atoms with E-state index in [9.17, 15) is 0 Å². The number of aromatic nitrogens is 2. The minimum absolute atomic E-state index is 0. The van der Waals surface area contributed by atoms with Gasteiger partial charge in [0, 0.05) is 17.5 Å². The van der Waals surface area contributed by atoms with E-state index in [1.807, 2.05) is 24.3 Å². The van der Waals surface area contributed by atoms with Gasteiger partial charge in [-0.15, -0.1) is 12.4 Å². The molecule has 1 aromatic heterocycles. The molecule has 0 radical (unpaired) electrons. The fraction of sp³-hybridized carbons (Fsp3) is 0.529. The fourth-order valence-corrected chi connectivity index (χ4v) is 2.93. The first kappa shape index (κ1) is 17.8. The zero-order valence-corrected chi connectivity index (χ0v) is 14.7. The van der Waals surface area contributed by atoms with Crippen LogP contribution in [0.1, 0.15) is 38.4 Å². The molecule has 2 aromatic rings. The molecule has 1 aliphatic heterocycles. The molecule has 0 unspecified atom stereocenters. The van der Waals surface area contributed by atoms with Crippen LogP contribution in [-0.2, 0) is 0 Å². The second-order valence-electron chi connectivity index (χ2n) is 6.09. The van der Waals surface area contributed by atoms with Gasteiger partial charge >= 0.3 is 0 Å². The Labute approximate surface area is 143 Å². The molecule has 0 N–H and O–H groups in total. The second-order valence-corrected chi connectivity index (χ2v) is 6.09. The van der Waals surface area contributed by atoms with Gasteiger partial charge in [0.1, 0.15) is 5.75 Å². The highest BCUT2D eigenvalue weighted by Gasteiger charge is 2.25. The fourth-order valence-electron chi connectivity index (χ4n) is 2.93. The standard InChI is InChI=1S/C17H23N3O2.ClH/c1-12(2)20-10-8-13(9-11-20)16-18-17(22-19-16)14-4-6-15(21-3)7-5-14;/h4-7,12-13H,8-11H2,1-3H3;1H.